The minimum absolute atomic E-state index is 0.375. The van der Waals surface area contributed by atoms with E-state index in [-0.39, 0.29) is 6.61 Å². The van der Waals surface area contributed by atoms with E-state index in [1.54, 1.807) is 6.20 Å². The van der Waals surface area contributed by atoms with Gasteiger partial charge in [-0.15, -0.1) is 11.8 Å². The third-order valence-electron chi connectivity index (χ3n) is 3.30. The Bertz CT molecular complexity index is 621. The van der Waals surface area contributed by atoms with Crippen molar-refractivity contribution < 1.29 is 20.1 Å². The molecule has 1 fully saturated rings. The van der Waals surface area contributed by atoms with E-state index in [1.807, 2.05) is 6.26 Å². The normalized spacial score (nSPS) is 30.2. The predicted molar refractivity (Wildman–Crippen MR) is 70.1 cm³/mol. The third-order valence-corrected chi connectivity index (χ3v) is 3.99. The van der Waals surface area contributed by atoms with Gasteiger partial charge < -0.3 is 20.1 Å². The first-order chi connectivity index (χ1) is 9.67. The second kappa shape index (κ2) is 5.26. The van der Waals surface area contributed by atoms with Crippen LogP contribution in [0.1, 0.15) is 6.23 Å². The Labute approximate surface area is 118 Å². The number of aliphatic hydroxyl groups is 3. The van der Waals surface area contributed by atoms with Crippen molar-refractivity contribution in [2.45, 2.75) is 29.6 Å². The standard InChI is InChI=1S/C11H14N4O4S/c1-20-10-7-5(12-4-13-10)2-14-15(7)11-9(18)8(17)6(3-16)19-11/h2,4,6,8-9,11,16-18H,3H2,1H3/t6-,8+,9+,11-/m1/s1. The monoisotopic (exact) mass is 298 g/mol. The van der Waals surface area contributed by atoms with Gasteiger partial charge in [0.25, 0.3) is 0 Å². The van der Waals surface area contributed by atoms with Crippen LogP contribution in [-0.4, -0.2) is 66.2 Å². The molecule has 0 aliphatic carbocycles. The number of fused-ring (bicyclic) bond motifs is 1. The Morgan fingerprint density at radius 1 is 1.35 bits per heavy atom. The number of aliphatic hydroxyl groups excluding tert-OH is 3. The second-order valence-electron chi connectivity index (χ2n) is 4.43. The van der Waals surface area contributed by atoms with Crippen molar-refractivity contribution in [1.29, 1.82) is 0 Å². The summed E-state index contributed by atoms with van der Waals surface area (Å²) in [5.41, 5.74) is 1.26. The number of rotatable bonds is 3. The molecule has 0 unspecified atom stereocenters. The summed E-state index contributed by atoms with van der Waals surface area (Å²) in [6.07, 6.45) is 0.810. The topological polar surface area (TPSA) is 114 Å². The quantitative estimate of drug-likeness (QED) is 0.496. The number of ether oxygens (including phenoxy) is 1. The van der Waals surface area contributed by atoms with E-state index in [2.05, 4.69) is 15.1 Å². The summed E-state index contributed by atoms with van der Waals surface area (Å²) in [6, 6.07) is 0. The molecule has 3 N–H and O–H groups in total. The van der Waals surface area contributed by atoms with E-state index in [4.69, 9.17) is 9.84 Å². The van der Waals surface area contributed by atoms with Crippen LogP contribution in [0.4, 0.5) is 0 Å². The van der Waals surface area contributed by atoms with Gasteiger partial charge in [-0.05, 0) is 6.26 Å². The Hall–Kier alpha value is -1.26. The van der Waals surface area contributed by atoms with Crippen LogP contribution in [0, 0.1) is 0 Å². The molecule has 1 saturated heterocycles. The Morgan fingerprint density at radius 2 is 2.15 bits per heavy atom. The molecule has 2 aromatic rings. The number of hydrogen-bond donors (Lipinski definition) is 3. The Morgan fingerprint density at radius 3 is 2.80 bits per heavy atom. The Balaban J connectivity index is 2.07. The van der Waals surface area contributed by atoms with Crippen LogP contribution in [0.25, 0.3) is 11.0 Å². The van der Waals surface area contributed by atoms with Gasteiger partial charge in [0.1, 0.15) is 40.7 Å². The number of nitrogens with zero attached hydrogens (tertiary/aromatic N) is 4. The lowest BCUT2D eigenvalue weighted by Gasteiger charge is -2.16. The first-order valence-corrected chi connectivity index (χ1v) is 7.24. The van der Waals surface area contributed by atoms with Crippen LogP contribution in [0.5, 0.6) is 0 Å². The minimum Gasteiger partial charge on any atom is -0.394 e. The summed E-state index contributed by atoms with van der Waals surface area (Å²) in [5, 5.41) is 33.9. The second-order valence-corrected chi connectivity index (χ2v) is 5.23. The van der Waals surface area contributed by atoms with Gasteiger partial charge in [0, 0.05) is 0 Å². The molecule has 9 heteroatoms. The molecule has 1 aliphatic rings. The molecule has 0 saturated carbocycles. The zero-order valence-corrected chi connectivity index (χ0v) is 11.4. The highest BCUT2D eigenvalue weighted by molar-refractivity contribution is 7.98. The average molecular weight is 298 g/mol. The first-order valence-electron chi connectivity index (χ1n) is 6.02. The van der Waals surface area contributed by atoms with E-state index >= 15 is 0 Å². The van der Waals surface area contributed by atoms with Crippen LogP contribution in [0.2, 0.25) is 0 Å². The first kappa shape index (κ1) is 13.7. The van der Waals surface area contributed by atoms with E-state index in [0.29, 0.717) is 16.1 Å². The fourth-order valence-corrected chi connectivity index (χ4v) is 2.83. The van der Waals surface area contributed by atoms with Gasteiger partial charge in [0.2, 0.25) is 0 Å². The highest BCUT2D eigenvalue weighted by atomic mass is 32.2. The van der Waals surface area contributed by atoms with Crippen LogP contribution < -0.4 is 0 Å². The summed E-state index contributed by atoms with van der Waals surface area (Å²) in [6.45, 7) is -0.375. The van der Waals surface area contributed by atoms with E-state index in [9.17, 15) is 10.2 Å². The van der Waals surface area contributed by atoms with Crippen LogP contribution in [0.3, 0.4) is 0 Å². The molecular weight excluding hydrogens is 284 g/mol. The van der Waals surface area contributed by atoms with Crippen molar-refractivity contribution in [2.24, 2.45) is 0 Å². The van der Waals surface area contributed by atoms with Crippen LogP contribution in [-0.2, 0) is 4.74 Å². The molecule has 0 amide bonds. The van der Waals surface area contributed by atoms with Crippen molar-refractivity contribution in [1.82, 2.24) is 19.7 Å². The summed E-state index contributed by atoms with van der Waals surface area (Å²) in [5.74, 6) is 0. The summed E-state index contributed by atoms with van der Waals surface area (Å²) >= 11 is 1.42. The van der Waals surface area contributed by atoms with Crippen LogP contribution in [0.15, 0.2) is 17.6 Å². The van der Waals surface area contributed by atoms with Crippen molar-refractivity contribution in [3.05, 3.63) is 12.5 Å². The summed E-state index contributed by atoms with van der Waals surface area (Å²) in [7, 11) is 0. The lowest BCUT2D eigenvalue weighted by Crippen LogP contribution is -2.33. The van der Waals surface area contributed by atoms with Crippen molar-refractivity contribution >= 4 is 22.8 Å². The number of aromatic nitrogens is 4. The van der Waals surface area contributed by atoms with Gasteiger partial charge in [0.15, 0.2) is 6.23 Å². The molecule has 8 nitrogen and oxygen atoms in total. The molecule has 1 aliphatic heterocycles. The summed E-state index contributed by atoms with van der Waals surface area (Å²) in [4.78, 5) is 8.26. The maximum absolute atomic E-state index is 10.1. The van der Waals surface area contributed by atoms with Crippen molar-refractivity contribution in [3.63, 3.8) is 0 Å². The van der Waals surface area contributed by atoms with Gasteiger partial charge in [-0.3, -0.25) is 0 Å². The minimum atomic E-state index is -1.18. The zero-order chi connectivity index (χ0) is 14.3. The molecule has 0 bridgehead atoms. The molecule has 3 rings (SSSR count). The van der Waals surface area contributed by atoms with Crippen molar-refractivity contribution in [2.75, 3.05) is 12.9 Å². The third kappa shape index (κ3) is 1.98. The van der Waals surface area contributed by atoms with Gasteiger partial charge in [-0.2, -0.15) is 5.10 Å². The molecule has 3 heterocycles. The van der Waals surface area contributed by atoms with Crippen molar-refractivity contribution in [3.8, 4) is 0 Å². The Kier molecular flexibility index (Phi) is 3.61. The fraction of sp³-hybridized carbons (Fsp3) is 0.545. The van der Waals surface area contributed by atoms with E-state index in [1.165, 1.54) is 22.8 Å². The van der Waals surface area contributed by atoms with Crippen LogP contribution >= 0.6 is 11.8 Å². The van der Waals surface area contributed by atoms with E-state index < -0.39 is 24.5 Å². The molecular formula is C11H14N4O4S. The lowest BCUT2D eigenvalue weighted by molar-refractivity contribution is -0.0565. The molecule has 2 aromatic heterocycles. The van der Waals surface area contributed by atoms with Gasteiger partial charge >= 0.3 is 0 Å². The lowest BCUT2D eigenvalue weighted by atomic mass is 10.1. The maximum Gasteiger partial charge on any atom is 0.179 e. The predicted octanol–water partition coefficient (Wildman–Crippen LogP) is -0.840. The van der Waals surface area contributed by atoms with Gasteiger partial charge in [0.05, 0.1) is 12.8 Å². The zero-order valence-electron chi connectivity index (χ0n) is 10.6. The molecule has 4 atom stereocenters. The molecule has 108 valence electrons. The highest BCUT2D eigenvalue weighted by Crippen LogP contribution is 2.33. The molecule has 0 aromatic carbocycles. The summed E-state index contributed by atoms with van der Waals surface area (Å²) < 4.78 is 6.92. The number of hydrogen-bond acceptors (Lipinski definition) is 8. The molecule has 20 heavy (non-hydrogen) atoms. The van der Waals surface area contributed by atoms with Gasteiger partial charge in [-0.25, -0.2) is 14.6 Å². The highest BCUT2D eigenvalue weighted by Gasteiger charge is 2.44. The number of thioether (sulfide) groups is 1. The largest absolute Gasteiger partial charge is 0.394 e. The molecule has 0 radical (unpaired) electrons. The average Bonchev–Trinajstić information content (AvgIpc) is 3.01. The van der Waals surface area contributed by atoms with Gasteiger partial charge in [-0.1, -0.05) is 0 Å². The SMILES string of the molecule is CSc1ncnc2cnn([C@@H]3O[C@H](CO)[C@H](O)[C@@H]3O)c12. The molecule has 0 spiro atoms. The smallest absolute Gasteiger partial charge is 0.179 e. The maximum atomic E-state index is 10.1. The van der Waals surface area contributed by atoms with E-state index in [0.717, 1.165) is 0 Å². The fourth-order valence-electron chi connectivity index (χ4n) is 2.28.